The summed E-state index contributed by atoms with van der Waals surface area (Å²) >= 11 is 0. The maximum atomic E-state index is 12.6. The number of ketones is 1. The molecule has 0 aliphatic carbocycles. The molecule has 5 nitrogen and oxygen atoms in total. The van der Waals surface area contributed by atoms with Crippen LogP contribution in [-0.4, -0.2) is 26.0 Å². The van der Waals surface area contributed by atoms with Gasteiger partial charge in [-0.25, -0.2) is 4.79 Å². The van der Waals surface area contributed by atoms with Crippen molar-refractivity contribution in [3.05, 3.63) is 95.1 Å². The molecule has 0 aliphatic heterocycles. The molecule has 5 heteroatoms. The van der Waals surface area contributed by atoms with Crippen LogP contribution in [0.1, 0.15) is 52.6 Å². The molecule has 0 aliphatic rings. The minimum absolute atomic E-state index is 0.00373. The predicted molar refractivity (Wildman–Crippen MR) is 129 cm³/mol. The van der Waals surface area contributed by atoms with Gasteiger partial charge in [-0.1, -0.05) is 45.0 Å². The minimum Gasteiger partial charge on any atom is -0.497 e. The zero-order chi connectivity index (χ0) is 24.0. The average Bonchev–Trinajstić information content (AvgIpc) is 2.82. The van der Waals surface area contributed by atoms with Crippen molar-refractivity contribution in [1.82, 2.24) is 0 Å². The second-order valence-corrected chi connectivity index (χ2v) is 8.55. The largest absolute Gasteiger partial charge is 0.497 e. The molecule has 0 N–H and O–H groups in total. The molecule has 0 saturated heterocycles. The summed E-state index contributed by atoms with van der Waals surface area (Å²) in [7, 11) is 3.08. The minimum atomic E-state index is -0.466. The van der Waals surface area contributed by atoms with E-state index in [0.29, 0.717) is 28.4 Å². The molecule has 0 saturated carbocycles. The molecule has 0 unspecified atom stereocenters. The van der Waals surface area contributed by atoms with Crippen LogP contribution in [0.3, 0.4) is 0 Å². The predicted octanol–water partition coefficient (Wildman–Crippen LogP) is 6.12. The summed E-state index contributed by atoms with van der Waals surface area (Å²) in [5, 5.41) is 0. The number of methoxy groups -OCH3 is 2. The summed E-state index contributed by atoms with van der Waals surface area (Å²) < 4.78 is 16.1. The van der Waals surface area contributed by atoms with Crippen LogP contribution in [0.25, 0.3) is 6.08 Å². The van der Waals surface area contributed by atoms with Crippen LogP contribution >= 0.6 is 0 Å². The first-order chi connectivity index (χ1) is 15.7. The lowest BCUT2D eigenvalue weighted by Crippen LogP contribution is -2.13. The van der Waals surface area contributed by atoms with Crippen LogP contribution in [-0.2, 0) is 5.41 Å². The van der Waals surface area contributed by atoms with Gasteiger partial charge in [0.15, 0.2) is 17.3 Å². The van der Waals surface area contributed by atoms with E-state index >= 15 is 0 Å². The van der Waals surface area contributed by atoms with E-state index in [4.69, 9.17) is 14.2 Å². The Kier molecular flexibility index (Phi) is 7.34. The smallest absolute Gasteiger partial charge is 0.343 e. The van der Waals surface area contributed by atoms with E-state index in [2.05, 4.69) is 20.8 Å². The Morgan fingerprint density at radius 2 is 1.39 bits per heavy atom. The maximum Gasteiger partial charge on any atom is 0.343 e. The van der Waals surface area contributed by atoms with Gasteiger partial charge >= 0.3 is 5.97 Å². The van der Waals surface area contributed by atoms with Crippen LogP contribution in [0.2, 0.25) is 0 Å². The highest BCUT2D eigenvalue weighted by molar-refractivity contribution is 6.06. The number of carbonyl (C=O) groups excluding carboxylic acids is 2. The molecule has 170 valence electrons. The third-order valence-corrected chi connectivity index (χ3v) is 5.18. The molecule has 0 aromatic heterocycles. The summed E-state index contributed by atoms with van der Waals surface area (Å²) in [6.45, 7) is 6.35. The van der Waals surface area contributed by atoms with Gasteiger partial charge in [0.2, 0.25) is 0 Å². The topological polar surface area (TPSA) is 61.8 Å². The molecule has 0 heterocycles. The van der Waals surface area contributed by atoms with Crippen LogP contribution in [0.5, 0.6) is 17.2 Å². The average molecular weight is 445 g/mol. The molecule has 3 rings (SSSR count). The zero-order valence-electron chi connectivity index (χ0n) is 19.5. The number of carbonyl (C=O) groups is 2. The van der Waals surface area contributed by atoms with Crippen molar-refractivity contribution in [3.63, 3.8) is 0 Å². The van der Waals surface area contributed by atoms with Gasteiger partial charge in [-0.3, -0.25) is 4.79 Å². The molecule has 33 heavy (non-hydrogen) atoms. The van der Waals surface area contributed by atoms with E-state index in [-0.39, 0.29) is 11.2 Å². The van der Waals surface area contributed by atoms with Gasteiger partial charge in [-0.15, -0.1) is 0 Å². The fraction of sp³-hybridized carbons (Fsp3) is 0.214. The number of ether oxygens (including phenoxy) is 3. The molecule has 3 aromatic rings. The molecule has 0 radical (unpaired) electrons. The first-order valence-corrected chi connectivity index (χ1v) is 10.6. The quantitative estimate of drug-likeness (QED) is 0.190. The summed E-state index contributed by atoms with van der Waals surface area (Å²) in [6, 6.07) is 19.4. The van der Waals surface area contributed by atoms with Gasteiger partial charge in [0.05, 0.1) is 19.8 Å². The van der Waals surface area contributed by atoms with Gasteiger partial charge in [0.1, 0.15) is 5.75 Å². The number of esters is 1. The summed E-state index contributed by atoms with van der Waals surface area (Å²) in [5.41, 5.74) is 2.89. The van der Waals surface area contributed by atoms with E-state index in [1.807, 2.05) is 12.1 Å². The fourth-order valence-corrected chi connectivity index (χ4v) is 3.16. The summed E-state index contributed by atoms with van der Waals surface area (Å²) in [6.07, 6.45) is 3.17. The van der Waals surface area contributed by atoms with E-state index in [1.165, 1.54) is 13.2 Å². The highest BCUT2D eigenvalue weighted by atomic mass is 16.6. The number of rotatable bonds is 7. The first-order valence-electron chi connectivity index (χ1n) is 10.6. The van der Waals surface area contributed by atoms with E-state index in [9.17, 15) is 9.59 Å². The molecule has 0 fully saturated rings. The number of allylic oxidation sites excluding steroid dienone is 1. The number of hydrogen-bond donors (Lipinski definition) is 0. The van der Waals surface area contributed by atoms with Crippen LogP contribution in [0, 0.1) is 0 Å². The van der Waals surface area contributed by atoms with Crippen molar-refractivity contribution in [2.24, 2.45) is 0 Å². The van der Waals surface area contributed by atoms with Crippen LogP contribution < -0.4 is 14.2 Å². The Morgan fingerprint density at radius 1 is 0.758 bits per heavy atom. The lowest BCUT2D eigenvalue weighted by molar-refractivity contribution is 0.0729. The van der Waals surface area contributed by atoms with Crippen molar-refractivity contribution < 1.29 is 23.8 Å². The Hall–Kier alpha value is -3.86. The van der Waals surface area contributed by atoms with Crippen molar-refractivity contribution in [3.8, 4) is 17.2 Å². The Morgan fingerprint density at radius 3 is 1.97 bits per heavy atom. The molecule has 0 atom stereocenters. The van der Waals surface area contributed by atoms with Gasteiger partial charge in [-0.05, 0) is 71.1 Å². The van der Waals surface area contributed by atoms with Crippen molar-refractivity contribution >= 4 is 17.8 Å². The Balaban J connectivity index is 1.71. The second kappa shape index (κ2) is 10.2. The Labute approximate surface area is 194 Å². The molecule has 0 spiro atoms. The molecule has 3 aromatic carbocycles. The van der Waals surface area contributed by atoms with Crippen LogP contribution in [0.4, 0.5) is 0 Å². The molecular weight excluding hydrogens is 416 g/mol. The van der Waals surface area contributed by atoms with Gasteiger partial charge < -0.3 is 14.2 Å². The van der Waals surface area contributed by atoms with Gasteiger partial charge in [-0.2, -0.15) is 0 Å². The van der Waals surface area contributed by atoms with Crippen LogP contribution in [0.15, 0.2) is 72.8 Å². The molecule has 0 amide bonds. The highest BCUT2D eigenvalue weighted by Crippen LogP contribution is 2.30. The fourth-order valence-electron chi connectivity index (χ4n) is 3.16. The van der Waals surface area contributed by atoms with E-state index < -0.39 is 5.97 Å². The maximum absolute atomic E-state index is 12.6. The number of benzene rings is 3. The third kappa shape index (κ3) is 6.10. The van der Waals surface area contributed by atoms with Crippen molar-refractivity contribution in [2.45, 2.75) is 26.2 Å². The second-order valence-electron chi connectivity index (χ2n) is 8.55. The SMILES string of the molecule is COc1ccc(C(=O)/C=C/c2ccc(OC(=O)c3ccc(C(C)(C)C)cc3)c(OC)c2)cc1. The lowest BCUT2D eigenvalue weighted by atomic mass is 9.87. The highest BCUT2D eigenvalue weighted by Gasteiger charge is 2.16. The third-order valence-electron chi connectivity index (χ3n) is 5.18. The monoisotopic (exact) mass is 444 g/mol. The van der Waals surface area contributed by atoms with Gasteiger partial charge in [0.25, 0.3) is 0 Å². The van der Waals surface area contributed by atoms with Crippen molar-refractivity contribution in [2.75, 3.05) is 14.2 Å². The van der Waals surface area contributed by atoms with Gasteiger partial charge in [0, 0.05) is 5.56 Å². The zero-order valence-corrected chi connectivity index (χ0v) is 19.5. The van der Waals surface area contributed by atoms with Crippen molar-refractivity contribution in [1.29, 1.82) is 0 Å². The summed E-state index contributed by atoms with van der Waals surface area (Å²) in [5.74, 6) is 0.794. The molecular formula is C28H28O5. The number of hydrogen-bond acceptors (Lipinski definition) is 5. The Bertz CT molecular complexity index is 1150. The van der Waals surface area contributed by atoms with E-state index in [1.54, 1.807) is 67.8 Å². The normalized spacial score (nSPS) is 11.3. The van der Waals surface area contributed by atoms with E-state index in [0.717, 1.165) is 11.1 Å². The lowest BCUT2D eigenvalue weighted by Gasteiger charge is -2.19. The first kappa shape index (κ1) is 23.8. The standard InChI is InChI=1S/C28H28O5/c1-28(2,3)22-12-8-21(9-13-22)27(30)33-25-17-7-19(18-26(25)32-5)6-16-24(29)20-10-14-23(31-4)15-11-20/h6-18H,1-5H3/b16-6+. The summed E-state index contributed by atoms with van der Waals surface area (Å²) in [4.78, 5) is 25.0. The molecule has 0 bridgehead atoms.